The summed E-state index contributed by atoms with van der Waals surface area (Å²) < 4.78 is 7.00. The van der Waals surface area contributed by atoms with Crippen molar-refractivity contribution in [3.63, 3.8) is 0 Å². The SMILES string of the molecule is O=C(Cn1ccc2ccccc21)N1C(=O)OC[C@@H]1Cc1ccccc1. The third kappa shape index (κ3) is 3.01. The van der Waals surface area contributed by atoms with E-state index in [0.717, 1.165) is 16.5 Å². The predicted molar refractivity (Wildman–Crippen MR) is 94.1 cm³/mol. The summed E-state index contributed by atoms with van der Waals surface area (Å²) >= 11 is 0. The van der Waals surface area contributed by atoms with Crippen molar-refractivity contribution < 1.29 is 14.3 Å². The highest BCUT2D eigenvalue weighted by molar-refractivity contribution is 5.94. The number of hydrogen-bond acceptors (Lipinski definition) is 3. The molecule has 1 aromatic heterocycles. The van der Waals surface area contributed by atoms with Crippen LogP contribution in [0.2, 0.25) is 0 Å². The highest BCUT2D eigenvalue weighted by Gasteiger charge is 2.37. The van der Waals surface area contributed by atoms with Gasteiger partial charge in [-0.25, -0.2) is 9.69 Å². The lowest BCUT2D eigenvalue weighted by Crippen LogP contribution is -2.41. The Balaban J connectivity index is 1.54. The number of carbonyl (C=O) groups excluding carboxylic acids is 2. The van der Waals surface area contributed by atoms with Crippen LogP contribution in [0.5, 0.6) is 0 Å². The number of amides is 2. The lowest BCUT2D eigenvalue weighted by Gasteiger charge is -2.20. The third-order valence-electron chi connectivity index (χ3n) is 4.53. The number of para-hydroxylation sites is 1. The lowest BCUT2D eigenvalue weighted by molar-refractivity contribution is -0.129. The monoisotopic (exact) mass is 334 g/mol. The molecule has 0 spiro atoms. The lowest BCUT2D eigenvalue weighted by atomic mass is 10.1. The number of rotatable bonds is 4. The Kier molecular flexibility index (Phi) is 3.98. The first-order valence-electron chi connectivity index (χ1n) is 8.29. The fraction of sp³-hybridized carbons (Fsp3) is 0.200. The van der Waals surface area contributed by atoms with E-state index in [0.29, 0.717) is 6.42 Å². The molecule has 1 saturated heterocycles. The van der Waals surface area contributed by atoms with Crippen LogP contribution in [-0.2, 0) is 22.5 Å². The standard InChI is InChI=1S/C20H18N2O3/c23-19(13-21-11-10-16-8-4-5-9-18(16)21)22-17(14-25-20(22)24)12-15-6-2-1-3-7-15/h1-11,17H,12-14H2/t17-/m0/s1. The van der Waals surface area contributed by atoms with E-state index in [-0.39, 0.29) is 25.1 Å². The molecular formula is C20H18N2O3. The van der Waals surface area contributed by atoms with Crippen LogP contribution in [0.25, 0.3) is 10.9 Å². The minimum Gasteiger partial charge on any atom is -0.447 e. The number of carbonyl (C=O) groups is 2. The summed E-state index contributed by atoms with van der Waals surface area (Å²) in [5.74, 6) is -0.246. The molecule has 0 saturated carbocycles. The first-order chi connectivity index (χ1) is 12.2. The van der Waals surface area contributed by atoms with Gasteiger partial charge in [0.25, 0.3) is 5.91 Å². The van der Waals surface area contributed by atoms with Crippen molar-refractivity contribution in [1.82, 2.24) is 9.47 Å². The van der Waals surface area contributed by atoms with Gasteiger partial charge in [-0.05, 0) is 29.5 Å². The van der Waals surface area contributed by atoms with Gasteiger partial charge < -0.3 is 9.30 Å². The molecule has 0 bridgehead atoms. The molecule has 2 amide bonds. The predicted octanol–water partition coefficient (Wildman–Crippen LogP) is 3.23. The molecule has 25 heavy (non-hydrogen) atoms. The Morgan fingerprint density at radius 3 is 2.64 bits per heavy atom. The number of cyclic esters (lactones) is 1. The number of benzene rings is 2. The van der Waals surface area contributed by atoms with Crippen LogP contribution in [0.3, 0.4) is 0 Å². The van der Waals surface area contributed by atoms with Crippen molar-refractivity contribution in [2.75, 3.05) is 6.61 Å². The average Bonchev–Trinajstić information content (AvgIpc) is 3.20. The molecule has 5 heteroatoms. The quantitative estimate of drug-likeness (QED) is 0.736. The largest absolute Gasteiger partial charge is 0.447 e. The number of nitrogens with zero attached hydrogens (tertiary/aromatic N) is 2. The van der Waals surface area contributed by atoms with Crippen molar-refractivity contribution in [2.24, 2.45) is 0 Å². The van der Waals surface area contributed by atoms with E-state index in [1.807, 2.05) is 71.4 Å². The Labute approximate surface area is 145 Å². The molecule has 0 unspecified atom stereocenters. The Morgan fingerprint density at radius 2 is 1.80 bits per heavy atom. The van der Waals surface area contributed by atoms with Gasteiger partial charge in [0.1, 0.15) is 13.2 Å². The van der Waals surface area contributed by atoms with Crippen molar-refractivity contribution in [3.8, 4) is 0 Å². The van der Waals surface area contributed by atoms with Crippen molar-refractivity contribution in [3.05, 3.63) is 72.4 Å². The second-order valence-electron chi connectivity index (χ2n) is 6.19. The minimum atomic E-state index is -0.553. The van der Waals surface area contributed by atoms with Gasteiger partial charge in [-0.1, -0.05) is 48.5 Å². The van der Waals surface area contributed by atoms with Gasteiger partial charge in [0, 0.05) is 11.7 Å². The van der Waals surface area contributed by atoms with Crippen molar-refractivity contribution in [2.45, 2.75) is 19.0 Å². The number of imide groups is 1. The molecule has 0 radical (unpaired) electrons. The van der Waals surface area contributed by atoms with Crippen molar-refractivity contribution in [1.29, 1.82) is 0 Å². The molecular weight excluding hydrogens is 316 g/mol. The molecule has 4 rings (SSSR count). The molecule has 0 N–H and O–H groups in total. The fourth-order valence-electron chi connectivity index (χ4n) is 3.30. The van der Waals surface area contributed by atoms with Crippen LogP contribution in [0.4, 0.5) is 4.79 Å². The molecule has 0 aliphatic carbocycles. The van der Waals surface area contributed by atoms with E-state index in [4.69, 9.17) is 4.74 Å². The van der Waals surface area contributed by atoms with Crippen LogP contribution in [0, 0.1) is 0 Å². The summed E-state index contributed by atoms with van der Waals surface area (Å²) in [7, 11) is 0. The fourth-order valence-corrected chi connectivity index (χ4v) is 3.30. The van der Waals surface area contributed by atoms with Gasteiger partial charge >= 0.3 is 6.09 Å². The third-order valence-corrected chi connectivity index (χ3v) is 4.53. The van der Waals surface area contributed by atoms with Crippen molar-refractivity contribution >= 4 is 22.9 Å². The molecule has 1 aliphatic heterocycles. The molecule has 126 valence electrons. The zero-order chi connectivity index (χ0) is 17.2. The molecule has 1 aliphatic rings. The topological polar surface area (TPSA) is 51.5 Å². The van der Waals surface area contributed by atoms with Gasteiger partial charge in [-0.15, -0.1) is 0 Å². The van der Waals surface area contributed by atoms with Gasteiger partial charge in [-0.2, -0.15) is 0 Å². The number of ether oxygens (including phenoxy) is 1. The summed E-state index contributed by atoms with van der Waals surface area (Å²) in [6.07, 6.45) is 1.92. The van der Waals surface area contributed by atoms with E-state index >= 15 is 0 Å². The van der Waals surface area contributed by atoms with Gasteiger partial charge in [-0.3, -0.25) is 4.79 Å². The Morgan fingerprint density at radius 1 is 1.04 bits per heavy atom. The summed E-state index contributed by atoms with van der Waals surface area (Å²) in [6, 6.07) is 19.4. The maximum absolute atomic E-state index is 12.8. The highest BCUT2D eigenvalue weighted by Crippen LogP contribution is 2.20. The number of hydrogen-bond donors (Lipinski definition) is 0. The molecule has 2 aromatic carbocycles. The van der Waals surface area contributed by atoms with E-state index in [2.05, 4.69) is 0 Å². The average molecular weight is 334 g/mol. The minimum absolute atomic E-state index is 0.119. The zero-order valence-electron chi connectivity index (χ0n) is 13.7. The second-order valence-corrected chi connectivity index (χ2v) is 6.19. The van der Waals surface area contributed by atoms with Crippen LogP contribution in [-0.4, -0.2) is 34.1 Å². The Bertz CT molecular complexity index is 917. The molecule has 3 aromatic rings. The van der Waals surface area contributed by atoms with Crippen LogP contribution in [0.1, 0.15) is 5.56 Å². The van der Waals surface area contributed by atoms with Crippen LogP contribution < -0.4 is 0 Å². The molecule has 5 nitrogen and oxygen atoms in total. The van der Waals surface area contributed by atoms with Gasteiger partial charge in [0.2, 0.25) is 0 Å². The summed E-state index contributed by atoms with van der Waals surface area (Å²) in [5, 5.41) is 1.07. The maximum Gasteiger partial charge on any atom is 0.417 e. The van der Waals surface area contributed by atoms with Gasteiger partial charge in [0.15, 0.2) is 0 Å². The number of fused-ring (bicyclic) bond motifs is 1. The summed E-state index contributed by atoms with van der Waals surface area (Å²) in [6.45, 7) is 0.361. The first-order valence-corrected chi connectivity index (χ1v) is 8.29. The Hall–Kier alpha value is -3.08. The van der Waals surface area contributed by atoms with E-state index in [1.54, 1.807) is 0 Å². The van der Waals surface area contributed by atoms with E-state index in [9.17, 15) is 9.59 Å². The summed E-state index contributed by atoms with van der Waals surface area (Å²) in [5.41, 5.74) is 2.05. The second kappa shape index (κ2) is 6.43. The number of aromatic nitrogens is 1. The van der Waals surface area contributed by atoms with Crippen LogP contribution >= 0.6 is 0 Å². The van der Waals surface area contributed by atoms with Crippen LogP contribution in [0.15, 0.2) is 66.9 Å². The molecule has 1 fully saturated rings. The van der Waals surface area contributed by atoms with Gasteiger partial charge in [0.05, 0.1) is 6.04 Å². The normalized spacial score (nSPS) is 17.0. The van der Waals surface area contributed by atoms with E-state index < -0.39 is 6.09 Å². The molecule has 2 heterocycles. The van der Waals surface area contributed by atoms with E-state index in [1.165, 1.54) is 4.90 Å². The maximum atomic E-state index is 12.8. The smallest absolute Gasteiger partial charge is 0.417 e. The first kappa shape index (κ1) is 15.4. The summed E-state index contributed by atoms with van der Waals surface area (Å²) in [4.78, 5) is 26.1. The molecule has 1 atom stereocenters. The zero-order valence-corrected chi connectivity index (χ0v) is 13.7. The highest BCUT2D eigenvalue weighted by atomic mass is 16.6.